The number of aliphatic imine (C=N–C) groups is 1. The number of benzene rings is 2. The predicted octanol–water partition coefficient (Wildman–Crippen LogP) is 2.44. The van der Waals surface area contributed by atoms with Gasteiger partial charge in [-0.3, -0.25) is 9.79 Å². The molecule has 1 aliphatic heterocycles. The summed E-state index contributed by atoms with van der Waals surface area (Å²) in [5.41, 5.74) is 0.178. The van der Waals surface area contributed by atoms with Gasteiger partial charge in [-0.2, -0.15) is 0 Å². The molecule has 0 bridgehead atoms. The van der Waals surface area contributed by atoms with Gasteiger partial charge in [0.15, 0.2) is 9.84 Å². The van der Waals surface area contributed by atoms with E-state index in [2.05, 4.69) is 4.99 Å². The minimum atomic E-state index is -3.08. The van der Waals surface area contributed by atoms with Gasteiger partial charge in [0.1, 0.15) is 5.82 Å². The predicted molar refractivity (Wildman–Crippen MR) is 106 cm³/mol. The van der Waals surface area contributed by atoms with E-state index in [-0.39, 0.29) is 23.4 Å². The zero-order valence-electron chi connectivity index (χ0n) is 14.7. The number of aromatic nitrogens is 1. The monoisotopic (exact) mass is 400 g/mol. The molecule has 2 heterocycles. The van der Waals surface area contributed by atoms with Gasteiger partial charge < -0.3 is 5.11 Å². The molecule has 0 radical (unpaired) electrons. The van der Waals surface area contributed by atoms with Crippen molar-refractivity contribution in [3.05, 3.63) is 70.3 Å². The fraction of sp³-hybridized carbons (Fsp3) is 0.200. The Morgan fingerprint density at radius 3 is 2.43 bits per heavy atom. The van der Waals surface area contributed by atoms with Crippen LogP contribution in [0.1, 0.15) is 12.0 Å². The average Bonchev–Trinajstić information content (AvgIpc) is 3.02. The third kappa shape index (κ3) is 3.31. The van der Waals surface area contributed by atoms with Crippen molar-refractivity contribution in [1.29, 1.82) is 0 Å². The summed E-state index contributed by atoms with van der Waals surface area (Å²) in [6.45, 7) is 0. The van der Waals surface area contributed by atoms with Crippen LogP contribution in [0.2, 0.25) is 0 Å². The molecule has 28 heavy (non-hydrogen) atoms. The summed E-state index contributed by atoms with van der Waals surface area (Å²) < 4.78 is 37.7. The van der Waals surface area contributed by atoms with E-state index in [0.29, 0.717) is 28.4 Å². The van der Waals surface area contributed by atoms with E-state index in [0.717, 1.165) is 4.57 Å². The second kappa shape index (κ2) is 6.87. The fourth-order valence-corrected chi connectivity index (χ4v) is 5.03. The topological polar surface area (TPSA) is 88.7 Å². The van der Waals surface area contributed by atoms with Crippen LogP contribution in [0.15, 0.2) is 58.3 Å². The van der Waals surface area contributed by atoms with Crippen LogP contribution in [0.4, 0.5) is 4.39 Å². The number of pyridine rings is 1. The minimum Gasteiger partial charge on any atom is -0.494 e. The normalized spacial score (nSPS) is 18.8. The fourth-order valence-electron chi connectivity index (χ4n) is 3.39. The van der Waals surface area contributed by atoms with Crippen molar-refractivity contribution < 1.29 is 17.9 Å². The molecule has 0 saturated carbocycles. The van der Waals surface area contributed by atoms with Crippen molar-refractivity contribution in [3.8, 4) is 11.6 Å². The van der Waals surface area contributed by atoms with E-state index in [1.54, 1.807) is 24.3 Å². The van der Waals surface area contributed by atoms with Crippen LogP contribution in [0.5, 0.6) is 5.88 Å². The summed E-state index contributed by atoms with van der Waals surface area (Å²) in [5, 5.41) is 11.7. The highest BCUT2D eigenvalue weighted by Gasteiger charge is 2.27. The summed E-state index contributed by atoms with van der Waals surface area (Å²) >= 11 is 0. The molecule has 8 heteroatoms. The number of fused-ring (bicyclic) bond motifs is 1. The zero-order valence-corrected chi connectivity index (χ0v) is 15.6. The van der Waals surface area contributed by atoms with Gasteiger partial charge >= 0.3 is 0 Å². The van der Waals surface area contributed by atoms with Crippen LogP contribution >= 0.6 is 0 Å². The number of nitrogens with zero attached hydrogens (tertiary/aromatic N) is 2. The van der Waals surface area contributed by atoms with Crippen molar-refractivity contribution in [2.75, 3.05) is 11.5 Å². The van der Waals surface area contributed by atoms with Gasteiger partial charge in [-0.1, -0.05) is 18.2 Å². The molecule has 1 N–H and O–H groups in total. The van der Waals surface area contributed by atoms with Gasteiger partial charge in [0.25, 0.3) is 5.56 Å². The first kappa shape index (κ1) is 18.4. The molecule has 1 aliphatic rings. The van der Waals surface area contributed by atoms with Crippen molar-refractivity contribution >= 4 is 26.8 Å². The van der Waals surface area contributed by atoms with Crippen molar-refractivity contribution in [2.45, 2.75) is 12.5 Å². The third-order valence-electron chi connectivity index (χ3n) is 4.81. The standard InChI is InChI=1S/C20H17FN2O4S/c21-13-5-7-15(8-6-13)23-19(24)17-4-2-1-3-16(17)18(20(23)25)11-22-14-9-10-28(26,27)12-14/h1-8,11,14,25H,9-10,12H2/t14-/m0/s1. The molecule has 2 aromatic carbocycles. The van der Waals surface area contributed by atoms with Crippen LogP contribution in [0, 0.1) is 5.82 Å². The zero-order chi connectivity index (χ0) is 19.9. The van der Waals surface area contributed by atoms with E-state index in [4.69, 9.17) is 0 Å². The second-order valence-corrected chi connectivity index (χ2v) is 8.96. The molecule has 0 spiro atoms. The number of halogens is 1. The number of rotatable bonds is 3. The first-order valence-corrected chi connectivity index (χ1v) is 10.5. The number of aromatic hydroxyl groups is 1. The van der Waals surface area contributed by atoms with Gasteiger partial charge in [-0.05, 0) is 36.8 Å². The SMILES string of the molecule is O=c1c2ccccc2c(C=N[C@H]2CCS(=O)(=O)C2)c(O)n1-c1ccc(F)cc1. The first-order valence-electron chi connectivity index (χ1n) is 8.72. The van der Waals surface area contributed by atoms with Crippen LogP contribution in [0.3, 0.4) is 0 Å². The lowest BCUT2D eigenvalue weighted by molar-refractivity contribution is 0.436. The van der Waals surface area contributed by atoms with Gasteiger partial charge in [-0.25, -0.2) is 17.4 Å². The molecule has 3 aromatic rings. The lowest BCUT2D eigenvalue weighted by atomic mass is 10.1. The Balaban J connectivity index is 1.90. The molecule has 1 saturated heterocycles. The Labute approximate surface area is 160 Å². The molecule has 4 rings (SSSR count). The quantitative estimate of drug-likeness (QED) is 0.684. The number of sulfone groups is 1. The summed E-state index contributed by atoms with van der Waals surface area (Å²) in [6.07, 6.45) is 1.85. The lowest BCUT2D eigenvalue weighted by Crippen LogP contribution is -2.20. The molecule has 1 fully saturated rings. The molecule has 1 aromatic heterocycles. The lowest BCUT2D eigenvalue weighted by Gasteiger charge is -2.14. The summed E-state index contributed by atoms with van der Waals surface area (Å²) in [6, 6.07) is 11.6. The maximum absolute atomic E-state index is 13.3. The molecule has 0 aliphatic carbocycles. The van der Waals surface area contributed by atoms with Crippen LogP contribution in [0.25, 0.3) is 16.5 Å². The number of hydrogen-bond donors (Lipinski definition) is 1. The Morgan fingerprint density at radius 2 is 1.79 bits per heavy atom. The molecule has 0 amide bonds. The largest absolute Gasteiger partial charge is 0.494 e. The summed E-state index contributed by atoms with van der Waals surface area (Å²) in [7, 11) is -3.08. The Kier molecular flexibility index (Phi) is 4.50. The molecular formula is C20H17FN2O4S. The van der Waals surface area contributed by atoms with Crippen molar-refractivity contribution in [3.63, 3.8) is 0 Å². The summed E-state index contributed by atoms with van der Waals surface area (Å²) in [4.78, 5) is 17.3. The van der Waals surface area contributed by atoms with Gasteiger partial charge in [0.05, 0.1) is 28.8 Å². The smallest absolute Gasteiger partial charge is 0.265 e. The molecule has 0 unspecified atom stereocenters. The van der Waals surface area contributed by atoms with Gasteiger partial charge in [0, 0.05) is 17.0 Å². The molecule has 6 nitrogen and oxygen atoms in total. The van der Waals surface area contributed by atoms with E-state index in [1.807, 2.05) is 0 Å². The minimum absolute atomic E-state index is 0.0280. The van der Waals surface area contributed by atoms with Crippen molar-refractivity contribution in [1.82, 2.24) is 4.57 Å². The number of hydrogen-bond acceptors (Lipinski definition) is 5. The van der Waals surface area contributed by atoms with Crippen LogP contribution < -0.4 is 5.56 Å². The second-order valence-electron chi connectivity index (χ2n) is 6.73. The highest BCUT2D eigenvalue weighted by atomic mass is 32.2. The highest BCUT2D eigenvalue weighted by Crippen LogP contribution is 2.26. The van der Waals surface area contributed by atoms with Gasteiger partial charge in [-0.15, -0.1) is 0 Å². The van der Waals surface area contributed by atoms with Gasteiger partial charge in [0.2, 0.25) is 5.88 Å². The Morgan fingerprint density at radius 1 is 1.11 bits per heavy atom. The summed E-state index contributed by atoms with van der Waals surface area (Å²) in [5.74, 6) is -0.724. The van der Waals surface area contributed by atoms with E-state index < -0.39 is 21.2 Å². The highest BCUT2D eigenvalue weighted by molar-refractivity contribution is 7.91. The first-order chi connectivity index (χ1) is 13.4. The maximum Gasteiger partial charge on any atom is 0.265 e. The molecule has 1 atom stereocenters. The van der Waals surface area contributed by atoms with E-state index in [1.165, 1.54) is 30.5 Å². The maximum atomic E-state index is 13.3. The third-order valence-corrected chi connectivity index (χ3v) is 6.56. The van der Waals surface area contributed by atoms with E-state index in [9.17, 15) is 22.7 Å². The molecular weight excluding hydrogens is 383 g/mol. The van der Waals surface area contributed by atoms with E-state index >= 15 is 0 Å². The van der Waals surface area contributed by atoms with Crippen LogP contribution in [-0.4, -0.2) is 41.9 Å². The Hall–Kier alpha value is -3.00. The van der Waals surface area contributed by atoms with Crippen LogP contribution in [-0.2, 0) is 9.84 Å². The van der Waals surface area contributed by atoms with Crippen molar-refractivity contribution in [2.24, 2.45) is 4.99 Å². The Bertz CT molecular complexity index is 1250. The molecule has 144 valence electrons. The average molecular weight is 400 g/mol.